The standard InChI is InChI=1S/C12H13F2NO4S/c13-12(14)19-10-4-2-1-3-9(10)11(16)15-8-5-6-20(17,18)7-8/h1-4,8,12H,5-7H2,(H,15,16). The fourth-order valence-electron chi connectivity index (χ4n) is 2.02. The summed E-state index contributed by atoms with van der Waals surface area (Å²) in [6, 6.07) is 5.09. The number of benzene rings is 1. The first-order valence-electron chi connectivity index (χ1n) is 5.92. The number of hydrogen-bond donors (Lipinski definition) is 1. The van der Waals surface area contributed by atoms with E-state index in [1.807, 2.05) is 0 Å². The van der Waals surface area contributed by atoms with Crippen LogP contribution in [0.2, 0.25) is 0 Å². The summed E-state index contributed by atoms with van der Waals surface area (Å²) in [5.74, 6) is -0.965. The Balaban J connectivity index is 2.10. The molecule has 1 fully saturated rings. The van der Waals surface area contributed by atoms with E-state index in [4.69, 9.17) is 0 Å². The number of hydrogen-bond acceptors (Lipinski definition) is 4. The molecule has 1 atom stereocenters. The zero-order chi connectivity index (χ0) is 14.8. The van der Waals surface area contributed by atoms with Crippen LogP contribution in [0.15, 0.2) is 24.3 Å². The van der Waals surface area contributed by atoms with E-state index in [-0.39, 0.29) is 22.8 Å². The van der Waals surface area contributed by atoms with Gasteiger partial charge in [-0.1, -0.05) is 12.1 Å². The first kappa shape index (κ1) is 14.7. The SMILES string of the molecule is O=C(NC1CCS(=O)(=O)C1)c1ccccc1OC(F)F. The van der Waals surface area contributed by atoms with Gasteiger partial charge in [0.2, 0.25) is 0 Å². The second kappa shape index (κ2) is 5.74. The van der Waals surface area contributed by atoms with Crippen molar-refractivity contribution in [2.24, 2.45) is 0 Å². The summed E-state index contributed by atoms with van der Waals surface area (Å²) in [5, 5.41) is 2.52. The number of amides is 1. The topological polar surface area (TPSA) is 72.5 Å². The van der Waals surface area contributed by atoms with Crippen molar-refractivity contribution < 1.29 is 26.7 Å². The molecule has 2 rings (SSSR count). The van der Waals surface area contributed by atoms with Crippen molar-refractivity contribution >= 4 is 15.7 Å². The molecule has 1 aliphatic rings. The number of nitrogens with one attached hydrogen (secondary N) is 1. The number of para-hydroxylation sites is 1. The van der Waals surface area contributed by atoms with Crippen LogP contribution in [-0.4, -0.2) is 38.5 Å². The molecule has 0 saturated carbocycles. The van der Waals surface area contributed by atoms with E-state index in [2.05, 4.69) is 10.1 Å². The van der Waals surface area contributed by atoms with Crippen molar-refractivity contribution in [3.8, 4) is 5.75 Å². The molecule has 0 aromatic heterocycles. The summed E-state index contributed by atoms with van der Waals surface area (Å²) >= 11 is 0. The number of carbonyl (C=O) groups excluding carboxylic acids is 1. The van der Waals surface area contributed by atoms with Gasteiger partial charge in [0.05, 0.1) is 17.1 Å². The number of halogens is 2. The quantitative estimate of drug-likeness (QED) is 0.907. The highest BCUT2D eigenvalue weighted by Gasteiger charge is 2.29. The molecule has 0 aliphatic carbocycles. The monoisotopic (exact) mass is 305 g/mol. The third-order valence-electron chi connectivity index (χ3n) is 2.92. The molecular formula is C12H13F2NO4S. The molecule has 0 spiro atoms. The second-order valence-corrected chi connectivity index (χ2v) is 6.68. The maximum absolute atomic E-state index is 12.2. The highest BCUT2D eigenvalue weighted by atomic mass is 32.2. The zero-order valence-electron chi connectivity index (χ0n) is 10.4. The molecule has 1 aromatic rings. The average molecular weight is 305 g/mol. The maximum Gasteiger partial charge on any atom is 0.387 e. The van der Waals surface area contributed by atoms with E-state index in [9.17, 15) is 22.0 Å². The van der Waals surface area contributed by atoms with E-state index >= 15 is 0 Å². The zero-order valence-corrected chi connectivity index (χ0v) is 11.2. The third-order valence-corrected chi connectivity index (χ3v) is 4.68. The molecule has 1 N–H and O–H groups in total. The lowest BCUT2D eigenvalue weighted by Gasteiger charge is -2.13. The second-order valence-electron chi connectivity index (χ2n) is 4.45. The number of sulfone groups is 1. The molecule has 1 heterocycles. The molecule has 1 unspecified atom stereocenters. The van der Waals surface area contributed by atoms with Crippen molar-refractivity contribution in [3.05, 3.63) is 29.8 Å². The predicted molar refractivity (Wildman–Crippen MR) is 67.6 cm³/mol. The van der Waals surface area contributed by atoms with Crippen molar-refractivity contribution in [1.82, 2.24) is 5.32 Å². The van der Waals surface area contributed by atoms with Gasteiger partial charge < -0.3 is 10.1 Å². The van der Waals surface area contributed by atoms with Gasteiger partial charge in [-0.25, -0.2) is 8.42 Å². The van der Waals surface area contributed by atoms with Gasteiger partial charge in [-0.2, -0.15) is 8.78 Å². The minimum atomic E-state index is -3.12. The highest BCUT2D eigenvalue weighted by Crippen LogP contribution is 2.21. The van der Waals surface area contributed by atoms with Crippen LogP contribution in [0.5, 0.6) is 5.75 Å². The average Bonchev–Trinajstić information content (AvgIpc) is 2.68. The van der Waals surface area contributed by atoms with Crippen molar-refractivity contribution in [3.63, 3.8) is 0 Å². The molecular weight excluding hydrogens is 292 g/mol. The summed E-state index contributed by atoms with van der Waals surface area (Å²) in [4.78, 5) is 12.0. The fraction of sp³-hybridized carbons (Fsp3) is 0.417. The summed E-state index contributed by atoms with van der Waals surface area (Å²) in [5.41, 5.74) is -0.0444. The van der Waals surface area contributed by atoms with Crippen molar-refractivity contribution in [2.45, 2.75) is 19.1 Å². The molecule has 110 valence electrons. The minimum absolute atomic E-state index is 0.0210. The Kier molecular flexibility index (Phi) is 4.22. The largest absolute Gasteiger partial charge is 0.434 e. The lowest BCUT2D eigenvalue weighted by molar-refractivity contribution is -0.0501. The van der Waals surface area contributed by atoms with Crippen molar-refractivity contribution in [2.75, 3.05) is 11.5 Å². The van der Waals surface area contributed by atoms with E-state index in [0.717, 1.165) is 0 Å². The van der Waals surface area contributed by atoms with Crippen molar-refractivity contribution in [1.29, 1.82) is 0 Å². The molecule has 1 aromatic carbocycles. The van der Waals surface area contributed by atoms with Gasteiger partial charge >= 0.3 is 6.61 Å². The predicted octanol–water partition coefficient (Wildman–Crippen LogP) is 1.20. The molecule has 0 bridgehead atoms. The first-order valence-corrected chi connectivity index (χ1v) is 7.74. The van der Waals surface area contributed by atoms with Gasteiger partial charge in [0.1, 0.15) is 5.75 Å². The smallest absolute Gasteiger partial charge is 0.387 e. The van der Waals surface area contributed by atoms with E-state index in [1.54, 1.807) is 0 Å². The molecule has 20 heavy (non-hydrogen) atoms. The minimum Gasteiger partial charge on any atom is -0.434 e. The molecule has 5 nitrogen and oxygen atoms in total. The highest BCUT2D eigenvalue weighted by molar-refractivity contribution is 7.91. The first-order chi connectivity index (χ1) is 9.37. The molecule has 0 radical (unpaired) electrons. The molecule has 8 heteroatoms. The summed E-state index contributed by atoms with van der Waals surface area (Å²) < 4.78 is 51.3. The van der Waals surface area contributed by atoms with Crippen LogP contribution < -0.4 is 10.1 Å². The van der Waals surface area contributed by atoms with Gasteiger partial charge in [0.25, 0.3) is 5.91 Å². The van der Waals surface area contributed by atoms with Crippen LogP contribution in [0, 0.1) is 0 Å². The van der Waals surface area contributed by atoms with Crippen LogP contribution in [0.1, 0.15) is 16.8 Å². The molecule has 1 amide bonds. The van der Waals surface area contributed by atoms with Gasteiger partial charge in [0.15, 0.2) is 9.84 Å². The van der Waals surface area contributed by atoms with E-state index in [0.29, 0.717) is 6.42 Å². The van der Waals surface area contributed by atoms with Crippen LogP contribution in [-0.2, 0) is 9.84 Å². The molecule has 1 aliphatic heterocycles. The van der Waals surface area contributed by atoms with E-state index in [1.165, 1.54) is 24.3 Å². The van der Waals surface area contributed by atoms with E-state index < -0.39 is 28.4 Å². The number of ether oxygens (including phenoxy) is 1. The van der Waals surface area contributed by atoms with Crippen LogP contribution in [0.25, 0.3) is 0 Å². The maximum atomic E-state index is 12.2. The van der Waals surface area contributed by atoms with Gasteiger partial charge in [-0.15, -0.1) is 0 Å². The number of carbonyl (C=O) groups is 1. The Morgan fingerprint density at radius 1 is 1.35 bits per heavy atom. The summed E-state index contributed by atoms with van der Waals surface area (Å²) in [7, 11) is -3.12. The number of rotatable bonds is 4. The van der Waals surface area contributed by atoms with Gasteiger partial charge in [0, 0.05) is 6.04 Å². The number of alkyl halides is 2. The fourth-order valence-corrected chi connectivity index (χ4v) is 3.70. The lowest BCUT2D eigenvalue weighted by atomic mass is 10.1. The third kappa shape index (κ3) is 3.66. The Bertz CT molecular complexity index is 603. The van der Waals surface area contributed by atoms with Crippen LogP contribution in [0.4, 0.5) is 8.78 Å². The van der Waals surface area contributed by atoms with Crippen LogP contribution >= 0.6 is 0 Å². The lowest BCUT2D eigenvalue weighted by Crippen LogP contribution is -2.35. The Hall–Kier alpha value is -1.70. The molecule has 1 saturated heterocycles. The summed E-state index contributed by atoms with van der Waals surface area (Å²) in [6.07, 6.45) is 0.325. The normalized spacial score (nSPS) is 20.9. The summed E-state index contributed by atoms with van der Waals surface area (Å²) in [6.45, 7) is -3.03. The van der Waals surface area contributed by atoms with Crippen LogP contribution in [0.3, 0.4) is 0 Å². The van der Waals surface area contributed by atoms with Gasteiger partial charge in [-0.05, 0) is 18.6 Å². The Labute approximate surface area is 114 Å². The Morgan fingerprint density at radius 2 is 2.05 bits per heavy atom. The van der Waals surface area contributed by atoms with Gasteiger partial charge in [-0.3, -0.25) is 4.79 Å². The Morgan fingerprint density at radius 3 is 2.65 bits per heavy atom.